The Balaban J connectivity index is 1.67. The van der Waals surface area contributed by atoms with Crippen LogP contribution in [0.3, 0.4) is 0 Å². The zero-order valence-electron chi connectivity index (χ0n) is 22.2. The maximum absolute atomic E-state index is 13.6. The molecule has 1 unspecified atom stereocenters. The molecule has 0 bridgehead atoms. The highest BCUT2D eigenvalue weighted by atomic mass is 32.1. The van der Waals surface area contributed by atoms with Gasteiger partial charge in [-0.1, -0.05) is 42.5 Å². The van der Waals surface area contributed by atoms with Crippen LogP contribution in [0.1, 0.15) is 30.5 Å². The number of aliphatic hydroxyl groups is 1. The van der Waals surface area contributed by atoms with Gasteiger partial charge in [-0.15, -0.1) is 0 Å². The third kappa shape index (κ3) is 4.93. The van der Waals surface area contributed by atoms with Crippen LogP contribution in [0.4, 0.5) is 10.8 Å². The molecular weight excluding hydrogens is 514 g/mol. The molecule has 5 rings (SSSR count). The number of Topliss-reactive ketones (excluding diaryl/α,β-unsaturated/α-hetero) is 1. The summed E-state index contributed by atoms with van der Waals surface area (Å²) in [4.78, 5) is 35.1. The minimum absolute atomic E-state index is 0.00193. The van der Waals surface area contributed by atoms with Crippen molar-refractivity contribution >= 4 is 49.8 Å². The molecule has 1 amide bonds. The first kappa shape index (κ1) is 26.2. The summed E-state index contributed by atoms with van der Waals surface area (Å²) in [5.74, 6) is -0.543. The second-order valence-corrected chi connectivity index (χ2v) is 10.4. The largest absolute Gasteiger partial charge is 0.507 e. The Hall–Kier alpha value is -4.37. The minimum atomic E-state index is -0.871. The van der Waals surface area contributed by atoms with E-state index in [2.05, 4.69) is 4.98 Å². The van der Waals surface area contributed by atoms with Gasteiger partial charge in [-0.3, -0.25) is 14.5 Å². The van der Waals surface area contributed by atoms with Crippen molar-refractivity contribution in [1.82, 2.24) is 4.98 Å². The van der Waals surface area contributed by atoms with Crippen LogP contribution in [0, 0.1) is 0 Å². The van der Waals surface area contributed by atoms with E-state index in [4.69, 9.17) is 9.47 Å². The fourth-order valence-corrected chi connectivity index (χ4v) is 5.55. The third-order valence-corrected chi connectivity index (χ3v) is 7.56. The van der Waals surface area contributed by atoms with Gasteiger partial charge in [0.05, 0.1) is 35.5 Å². The van der Waals surface area contributed by atoms with Gasteiger partial charge in [0.1, 0.15) is 17.3 Å². The number of rotatable bonds is 8. The standard InChI is InChI=1S/C30H29N3O5S/c1-5-15-38-22-8-6-7-19(16-22)27(34)25-26(18-9-11-20(12-10-18)32(2)3)33(29(36)28(25)35)30-31-23-14-13-21(37-4)17-24(23)39-30/h6-14,16-17,26,34H,5,15H2,1-4H3. The van der Waals surface area contributed by atoms with E-state index in [1.807, 2.05) is 62.3 Å². The Kier molecular flexibility index (Phi) is 7.26. The lowest BCUT2D eigenvalue weighted by Crippen LogP contribution is -2.29. The monoisotopic (exact) mass is 543 g/mol. The van der Waals surface area contributed by atoms with Gasteiger partial charge in [-0.05, 0) is 54.4 Å². The number of benzene rings is 3. The van der Waals surface area contributed by atoms with Crippen LogP contribution in [-0.4, -0.2) is 49.6 Å². The van der Waals surface area contributed by atoms with E-state index in [0.717, 1.165) is 16.8 Å². The number of amides is 1. The van der Waals surface area contributed by atoms with Crippen molar-refractivity contribution in [3.8, 4) is 11.5 Å². The van der Waals surface area contributed by atoms with Crippen LogP contribution < -0.4 is 19.3 Å². The second-order valence-electron chi connectivity index (χ2n) is 9.36. The van der Waals surface area contributed by atoms with Crippen molar-refractivity contribution in [2.75, 3.05) is 37.6 Å². The topological polar surface area (TPSA) is 92.2 Å². The smallest absolute Gasteiger partial charge is 0.301 e. The van der Waals surface area contributed by atoms with Crippen molar-refractivity contribution in [2.24, 2.45) is 0 Å². The average Bonchev–Trinajstić information content (AvgIpc) is 3.49. The number of carbonyl (C=O) groups is 2. The van der Waals surface area contributed by atoms with E-state index in [0.29, 0.717) is 39.9 Å². The van der Waals surface area contributed by atoms with Crippen molar-refractivity contribution in [2.45, 2.75) is 19.4 Å². The lowest BCUT2D eigenvalue weighted by Gasteiger charge is -2.23. The molecule has 2 heterocycles. The molecular formula is C30H29N3O5S. The normalized spacial score (nSPS) is 16.6. The zero-order chi connectivity index (χ0) is 27.7. The van der Waals surface area contributed by atoms with Crippen LogP contribution in [-0.2, 0) is 9.59 Å². The molecule has 3 aromatic carbocycles. The fourth-order valence-electron chi connectivity index (χ4n) is 4.53. The molecule has 1 N–H and O–H groups in total. The first-order chi connectivity index (χ1) is 18.8. The number of ether oxygens (including phenoxy) is 2. The van der Waals surface area contributed by atoms with Gasteiger partial charge < -0.3 is 19.5 Å². The van der Waals surface area contributed by atoms with Gasteiger partial charge in [0.2, 0.25) is 0 Å². The van der Waals surface area contributed by atoms with Crippen molar-refractivity contribution in [3.63, 3.8) is 0 Å². The summed E-state index contributed by atoms with van der Waals surface area (Å²) in [6.45, 7) is 2.53. The summed E-state index contributed by atoms with van der Waals surface area (Å²) >= 11 is 1.29. The summed E-state index contributed by atoms with van der Waals surface area (Å²) in [5.41, 5.74) is 2.72. The number of ketones is 1. The molecule has 0 radical (unpaired) electrons. The molecule has 1 saturated heterocycles. The van der Waals surface area contributed by atoms with Crippen molar-refractivity contribution in [3.05, 3.63) is 83.4 Å². The van der Waals surface area contributed by atoms with Gasteiger partial charge in [0, 0.05) is 25.3 Å². The number of aliphatic hydroxyl groups excluding tert-OH is 1. The minimum Gasteiger partial charge on any atom is -0.507 e. The number of hydrogen-bond acceptors (Lipinski definition) is 8. The van der Waals surface area contributed by atoms with Crippen LogP contribution in [0.2, 0.25) is 0 Å². The van der Waals surface area contributed by atoms with E-state index in [1.165, 1.54) is 16.2 Å². The molecule has 1 atom stereocenters. The van der Waals surface area contributed by atoms with Gasteiger partial charge >= 0.3 is 5.91 Å². The Morgan fingerprint density at radius 2 is 1.82 bits per heavy atom. The summed E-state index contributed by atoms with van der Waals surface area (Å²) in [5, 5.41) is 11.9. The fraction of sp³-hybridized carbons (Fsp3) is 0.233. The number of aromatic nitrogens is 1. The molecule has 8 nitrogen and oxygen atoms in total. The number of carbonyl (C=O) groups excluding carboxylic acids is 2. The van der Waals surface area contributed by atoms with Gasteiger partial charge in [0.25, 0.3) is 5.78 Å². The Bertz CT molecular complexity index is 1580. The number of thiazole rings is 1. The SMILES string of the molecule is CCCOc1cccc(C(O)=C2C(=O)C(=O)N(c3nc4ccc(OC)cc4s3)C2c2ccc(N(C)C)cc2)c1. The Morgan fingerprint density at radius 1 is 1.05 bits per heavy atom. The molecule has 200 valence electrons. The maximum atomic E-state index is 13.6. The molecule has 39 heavy (non-hydrogen) atoms. The molecule has 1 aliphatic rings. The number of hydrogen-bond donors (Lipinski definition) is 1. The number of fused-ring (bicyclic) bond motifs is 1. The highest BCUT2D eigenvalue weighted by Crippen LogP contribution is 2.45. The highest BCUT2D eigenvalue weighted by molar-refractivity contribution is 7.22. The Labute approximate surface area is 230 Å². The number of methoxy groups -OCH3 is 1. The van der Waals surface area contributed by atoms with Crippen molar-refractivity contribution < 1.29 is 24.2 Å². The van der Waals surface area contributed by atoms with Crippen molar-refractivity contribution in [1.29, 1.82) is 0 Å². The molecule has 4 aromatic rings. The van der Waals surface area contributed by atoms with Crippen LogP contribution in [0.5, 0.6) is 11.5 Å². The zero-order valence-corrected chi connectivity index (χ0v) is 23.0. The average molecular weight is 544 g/mol. The molecule has 1 aromatic heterocycles. The summed E-state index contributed by atoms with van der Waals surface area (Å²) in [6, 6.07) is 19.0. The number of anilines is 2. The first-order valence-electron chi connectivity index (χ1n) is 12.6. The summed E-state index contributed by atoms with van der Waals surface area (Å²) in [7, 11) is 5.45. The highest BCUT2D eigenvalue weighted by Gasteiger charge is 2.48. The Morgan fingerprint density at radius 3 is 2.51 bits per heavy atom. The molecule has 9 heteroatoms. The van der Waals surface area contributed by atoms with E-state index < -0.39 is 17.7 Å². The van der Waals surface area contributed by atoms with Crippen LogP contribution in [0.25, 0.3) is 16.0 Å². The number of nitrogens with zero attached hydrogens (tertiary/aromatic N) is 3. The second kappa shape index (κ2) is 10.8. The predicted molar refractivity (Wildman–Crippen MR) is 154 cm³/mol. The quantitative estimate of drug-likeness (QED) is 0.171. The first-order valence-corrected chi connectivity index (χ1v) is 13.4. The van der Waals surface area contributed by atoms with Gasteiger partial charge in [-0.25, -0.2) is 4.98 Å². The summed E-state index contributed by atoms with van der Waals surface area (Å²) in [6.07, 6.45) is 0.832. The molecule has 0 aliphatic carbocycles. The van der Waals surface area contributed by atoms with Gasteiger partial charge in [0.15, 0.2) is 5.13 Å². The van der Waals surface area contributed by atoms with E-state index in [1.54, 1.807) is 37.4 Å². The molecule has 0 spiro atoms. The summed E-state index contributed by atoms with van der Waals surface area (Å²) < 4.78 is 11.9. The van der Waals surface area contributed by atoms with E-state index in [-0.39, 0.29) is 11.3 Å². The lowest BCUT2D eigenvalue weighted by molar-refractivity contribution is -0.132. The third-order valence-electron chi connectivity index (χ3n) is 6.54. The molecule has 1 aliphatic heterocycles. The predicted octanol–water partition coefficient (Wildman–Crippen LogP) is 5.79. The van der Waals surface area contributed by atoms with E-state index >= 15 is 0 Å². The van der Waals surface area contributed by atoms with Crippen LogP contribution >= 0.6 is 11.3 Å². The van der Waals surface area contributed by atoms with Crippen LogP contribution in [0.15, 0.2) is 72.3 Å². The van der Waals surface area contributed by atoms with Gasteiger partial charge in [-0.2, -0.15) is 0 Å². The van der Waals surface area contributed by atoms with E-state index in [9.17, 15) is 14.7 Å². The lowest BCUT2D eigenvalue weighted by atomic mass is 9.95. The molecule has 1 fully saturated rings. The maximum Gasteiger partial charge on any atom is 0.301 e. The molecule has 0 saturated carbocycles.